The van der Waals surface area contributed by atoms with E-state index in [0.29, 0.717) is 18.7 Å². The minimum absolute atomic E-state index is 0.157. The molecule has 5 heteroatoms. The highest BCUT2D eigenvalue weighted by atomic mass is 32.2. The Morgan fingerprint density at radius 2 is 1.71 bits per heavy atom. The zero-order chi connectivity index (χ0) is 15.0. The minimum atomic E-state index is -3.53. The summed E-state index contributed by atoms with van der Waals surface area (Å²) < 4.78 is 26.9. The Morgan fingerprint density at radius 3 is 2.29 bits per heavy atom. The van der Waals surface area contributed by atoms with Crippen LogP contribution in [0.5, 0.6) is 0 Å². The number of hydrogen-bond acceptors (Lipinski definition) is 3. The van der Waals surface area contributed by atoms with Gasteiger partial charge < -0.3 is 5.11 Å². The molecule has 0 saturated carbocycles. The van der Waals surface area contributed by atoms with Crippen LogP contribution >= 0.6 is 0 Å². The molecule has 0 saturated heterocycles. The van der Waals surface area contributed by atoms with E-state index >= 15 is 0 Å². The molecule has 0 radical (unpaired) electrons. The molecule has 0 atom stereocenters. The lowest BCUT2D eigenvalue weighted by Gasteiger charge is -2.16. The highest BCUT2D eigenvalue weighted by Gasteiger charge is 2.30. The predicted molar refractivity (Wildman–Crippen MR) is 80.0 cm³/mol. The quantitative estimate of drug-likeness (QED) is 0.945. The summed E-state index contributed by atoms with van der Waals surface area (Å²) in [5.74, 6) is 0. The highest BCUT2D eigenvalue weighted by Crippen LogP contribution is 2.29. The molecular weight excluding hydrogens is 286 g/mol. The van der Waals surface area contributed by atoms with Gasteiger partial charge in [0.2, 0.25) is 10.0 Å². The Bertz CT molecular complexity index is 759. The molecule has 2 aromatic carbocycles. The summed E-state index contributed by atoms with van der Waals surface area (Å²) in [5.41, 5.74) is 3.64. The Hall–Kier alpha value is -1.69. The first kappa shape index (κ1) is 14.3. The molecule has 0 aliphatic carbocycles. The predicted octanol–water partition coefficient (Wildman–Crippen LogP) is 2.19. The van der Waals surface area contributed by atoms with Crippen molar-refractivity contribution in [1.82, 2.24) is 4.31 Å². The smallest absolute Gasteiger partial charge is 0.243 e. The van der Waals surface area contributed by atoms with Gasteiger partial charge in [0.25, 0.3) is 0 Å². The zero-order valence-corrected chi connectivity index (χ0v) is 12.6. The Balaban J connectivity index is 1.96. The Kier molecular flexibility index (Phi) is 3.57. The molecule has 1 aliphatic heterocycles. The summed E-state index contributed by atoms with van der Waals surface area (Å²) in [6, 6.07) is 12.7. The molecule has 0 bridgehead atoms. The third kappa shape index (κ3) is 2.48. The van der Waals surface area contributed by atoms with Gasteiger partial charge in [0.15, 0.2) is 0 Å². The lowest BCUT2D eigenvalue weighted by molar-refractivity contribution is 0.280. The van der Waals surface area contributed by atoms with Crippen LogP contribution in [-0.2, 0) is 29.7 Å². The number of fused-ring (bicyclic) bond motifs is 1. The fourth-order valence-corrected chi connectivity index (χ4v) is 4.05. The van der Waals surface area contributed by atoms with E-state index in [1.54, 1.807) is 18.2 Å². The number of rotatable bonds is 3. The SMILES string of the molecule is Cc1ccc(S(=O)(=O)N2Cc3ccccc3C2)cc1CO. The maximum absolute atomic E-state index is 12.7. The van der Waals surface area contributed by atoms with Gasteiger partial charge in [-0.05, 0) is 41.3 Å². The van der Waals surface area contributed by atoms with Gasteiger partial charge in [0, 0.05) is 13.1 Å². The average molecular weight is 303 g/mol. The van der Waals surface area contributed by atoms with Gasteiger partial charge in [0.05, 0.1) is 11.5 Å². The van der Waals surface area contributed by atoms with E-state index in [0.717, 1.165) is 16.7 Å². The van der Waals surface area contributed by atoms with E-state index in [4.69, 9.17) is 0 Å². The molecule has 2 aromatic rings. The van der Waals surface area contributed by atoms with Crippen molar-refractivity contribution in [3.05, 3.63) is 64.7 Å². The van der Waals surface area contributed by atoms with E-state index in [1.165, 1.54) is 4.31 Å². The molecule has 0 unspecified atom stereocenters. The fraction of sp³-hybridized carbons (Fsp3) is 0.250. The van der Waals surface area contributed by atoms with Crippen LogP contribution in [0.1, 0.15) is 22.3 Å². The molecule has 4 nitrogen and oxygen atoms in total. The van der Waals surface area contributed by atoms with Gasteiger partial charge in [-0.15, -0.1) is 0 Å². The van der Waals surface area contributed by atoms with E-state index in [1.807, 2.05) is 31.2 Å². The first-order chi connectivity index (χ1) is 10.0. The number of aryl methyl sites for hydroxylation is 1. The summed E-state index contributed by atoms with van der Waals surface area (Å²) in [6.45, 7) is 2.50. The van der Waals surface area contributed by atoms with Gasteiger partial charge in [-0.1, -0.05) is 30.3 Å². The number of hydrogen-bond donors (Lipinski definition) is 1. The number of aliphatic hydroxyl groups excluding tert-OH is 1. The first-order valence-electron chi connectivity index (χ1n) is 6.79. The van der Waals surface area contributed by atoms with Crippen LogP contribution in [0.2, 0.25) is 0 Å². The molecular formula is C16H17NO3S. The topological polar surface area (TPSA) is 57.6 Å². The molecule has 0 amide bonds. The number of benzene rings is 2. The van der Waals surface area contributed by atoms with Crippen LogP contribution in [0, 0.1) is 6.92 Å². The van der Waals surface area contributed by atoms with Gasteiger partial charge in [0.1, 0.15) is 0 Å². The molecule has 0 spiro atoms. The van der Waals surface area contributed by atoms with Crippen LogP contribution in [0.4, 0.5) is 0 Å². The Labute approximate surface area is 124 Å². The Morgan fingerprint density at radius 1 is 1.10 bits per heavy atom. The van der Waals surface area contributed by atoms with Gasteiger partial charge in [-0.3, -0.25) is 0 Å². The van der Waals surface area contributed by atoms with Crippen LogP contribution in [0.15, 0.2) is 47.4 Å². The van der Waals surface area contributed by atoms with E-state index < -0.39 is 10.0 Å². The molecule has 110 valence electrons. The van der Waals surface area contributed by atoms with Crippen molar-refractivity contribution >= 4 is 10.0 Å². The van der Waals surface area contributed by atoms with Crippen LogP contribution < -0.4 is 0 Å². The molecule has 1 N–H and O–H groups in total. The monoisotopic (exact) mass is 303 g/mol. The van der Waals surface area contributed by atoms with Crippen LogP contribution in [0.3, 0.4) is 0 Å². The highest BCUT2D eigenvalue weighted by molar-refractivity contribution is 7.89. The molecule has 0 fully saturated rings. The van der Waals surface area contributed by atoms with Crippen molar-refractivity contribution in [2.45, 2.75) is 31.5 Å². The van der Waals surface area contributed by atoms with Gasteiger partial charge in [-0.25, -0.2) is 8.42 Å². The third-order valence-electron chi connectivity index (χ3n) is 3.94. The maximum atomic E-state index is 12.7. The second-order valence-electron chi connectivity index (χ2n) is 5.29. The molecule has 0 aromatic heterocycles. The van der Waals surface area contributed by atoms with Gasteiger partial charge in [-0.2, -0.15) is 4.31 Å². The lowest BCUT2D eigenvalue weighted by atomic mass is 10.1. The van der Waals surface area contributed by atoms with Crippen molar-refractivity contribution < 1.29 is 13.5 Å². The molecule has 1 aliphatic rings. The standard InChI is InChI=1S/C16H17NO3S/c1-12-6-7-16(8-15(12)11-18)21(19,20)17-9-13-4-2-3-5-14(13)10-17/h2-8,18H,9-11H2,1H3. The van der Waals surface area contributed by atoms with Crippen molar-refractivity contribution in [3.63, 3.8) is 0 Å². The average Bonchev–Trinajstić information content (AvgIpc) is 2.92. The normalized spacial score (nSPS) is 15.1. The maximum Gasteiger partial charge on any atom is 0.243 e. The number of nitrogens with zero attached hydrogens (tertiary/aromatic N) is 1. The summed E-state index contributed by atoms with van der Waals surface area (Å²) in [4.78, 5) is 0.241. The summed E-state index contributed by atoms with van der Waals surface area (Å²) in [7, 11) is -3.53. The van der Waals surface area contributed by atoms with Crippen molar-refractivity contribution in [1.29, 1.82) is 0 Å². The van der Waals surface area contributed by atoms with Crippen LogP contribution in [0.25, 0.3) is 0 Å². The van der Waals surface area contributed by atoms with E-state index in [9.17, 15) is 13.5 Å². The summed E-state index contributed by atoms with van der Waals surface area (Å²) >= 11 is 0. The molecule has 3 rings (SSSR count). The summed E-state index contributed by atoms with van der Waals surface area (Å²) in [5, 5.41) is 9.31. The number of sulfonamides is 1. The van der Waals surface area contributed by atoms with Gasteiger partial charge >= 0.3 is 0 Å². The van der Waals surface area contributed by atoms with E-state index in [-0.39, 0.29) is 11.5 Å². The molecule has 21 heavy (non-hydrogen) atoms. The summed E-state index contributed by atoms with van der Waals surface area (Å²) in [6.07, 6.45) is 0. The van der Waals surface area contributed by atoms with Crippen molar-refractivity contribution in [3.8, 4) is 0 Å². The van der Waals surface area contributed by atoms with Crippen molar-refractivity contribution in [2.75, 3.05) is 0 Å². The fourth-order valence-electron chi connectivity index (χ4n) is 2.60. The van der Waals surface area contributed by atoms with Crippen LogP contribution in [-0.4, -0.2) is 17.8 Å². The van der Waals surface area contributed by atoms with E-state index in [2.05, 4.69) is 0 Å². The third-order valence-corrected chi connectivity index (χ3v) is 5.73. The second kappa shape index (κ2) is 5.26. The number of aliphatic hydroxyl groups is 1. The van der Waals surface area contributed by atoms with Crippen molar-refractivity contribution in [2.24, 2.45) is 0 Å². The lowest BCUT2D eigenvalue weighted by Crippen LogP contribution is -2.25. The first-order valence-corrected chi connectivity index (χ1v) is 8.23. The zero-order valence-electron chi connectivity index (χ0n) is 11.8. The minimum Gasteiger partial charge on any atom is -0.392 e. The largest absolute Gasteiger partial charge is 0.392 e. The second-order valence-corrected chi connectivity index (χ2v) is 7.23. The molecule has 1 heterocycles.